The lowest BCUT2D eigenvalue weighted by molar-refractivity contribution is 0.102. The van der Waals surface area contributed by atoms with Crippen molar-refractivity contribution in [3.8, 4) is 5.75 Å². The van der Waals surface area contributed by atoms with E-state index in [2.05, 4.69) is 15.4 Å². The molecule has 0 bridgehead atoms. The van der Waals surface area contributed by atoms with Crippen LogP contribution >= 0.6 is 12.4 Å². The number of carbonyl (C=O) groups is 1. The van der Waals surface area contributed by atoms with Gasteiger partial charge >= 0.3 is 0 Å². The molecule has 0 aliphatic carbocycles. The van der Waals surface area contributed by atoms with E-state index in [-0.39, 0.29) is 23.7 Å². The number of aryl methyl sites for hydroxylation is 2. The molecule has 0 aliphatic rings. The maximum absolute atomic E-state index is 12.7. The van der Waals surface area contributed by atoms with Crippen LogP contribution in [-0.2, 0) is 10.0 Å². The molecule has 160 valence electrons. The number of hydrogen-bond acceptors (Lipinski definition) is 5. The minimum Gasteiger partial charge on any atom is -0.492 e. The summed E-state index contributed by atoms with van der Waals surface area (Å²) in [5.41, 5.74) is 2.92. The minimum absolute atomic E-state index is 0. The van der Waals surface area contributed by atoms with E-state index in [0.29, 0.717) is 12.3 Å². The fourth-order valence-electron chi connectivity index (χ4n) is 2.82. The lowest BCUT2D eigenvalue weighted by Gasteiger charge is -2.15. The molecule has 7 nitrogen and oxygen atoms in total. The van der Waals surface area contributed by atoms with Gasteiger partial charge in [0.2, 0.25) is 10.0 Å². The van der Waals surface area contributed by atoms with Gasteiger partial charge in [0.05, 0.1) is 17.5 Å². The van der Waals surface area contributed by atoms with E-state index in [1.807, 2.05) is 32.9 Å². The Morgan fingerprint density at radius 1 is 1.10 bits per heavy atom. The number of carbonyl (C=O) groups excluding carboxylic acids is 1. The van der Waals surface area contributed by atoms with Crippen LogP contribution in [0.3, 0.4) is 0 Å². The van der Waals surface area contributed by atoms with Crippen molar-refractivity contribution in [3.63, 3.8) is 0 Å². The van der Waals surface area contributed by atoms with Crippen LogP contribution in [0.5, 0.6) is 5.75 Å². The molecule has 0 saturated carbocycles. The predicted octanol–water partition coefficient (Wildman–Crippen LogP) is 3.34. The van der Waals surface area contributed by atoms with Crippen LogP contribution < -0.4 is 20.1 Å². The zero-order valence-electron chi connectivity index (χ0n) is 17.0. The van der Waals surface area contributed by atoms with Gasteiger partial charge in [0.25, 0.3) is 5.91 Å². The summed E-state index contributed by atoms with van der Waals surface area (Å²) in [6, 6.07) is 10.1. The number of likely N-dealkylation sites (N-methyl/N-ethyl adjacent to an activating group) is 1. The number of hydrogen-bond donors (Lipinski definition) is 3. The normalized spacial score (nSPS) is 10.8. The van der Waals surface area contributed by atoms with Gasteiger partial charge in [0, 0.05) is 12.2 Å². The first kappa shape index (κ1) is 24.7. The molecule has 0 saturated heterocycles. The number of halogens is 1. The van der Waals surface area contributed by atoms with Crippen molar-refractivity contribution in [3.05, 3.63) is 53.1 Å². The van der Waals surface area contributed by atoms with Gasteiger partial charge in [-0.15, -0.1) is 12.4 Å². The van der Waals surface area contributed by atoms with Crippen molar-refractivity contribution in [2.75, 3.05) is 36.0 Å². The summed E-state index contributed by atoms with van der Waals surface area (Å²) in [7, 11) is -3.49. The molecule has 0 fully saturated rings. The summed E-state index contributed by atoms with van der Waals surface area (Å²) in [6.45, 7) is 8.10. The second-order valence-electron chi connectivity index (χ2n) is 6.52. The van der Waals surface area contributed by atoms with Gasteiger partial charge < -0.3 is 15.4 Å². The van der Waals surface area contributed by atoms with E-state index in [0.717, 1.165) is 36.2 Å². The highest BCUT2D eigenvalue weighted by atomic mass is 35.5. The molecule has 2 aromatic rings. The maximum atomic E-state index is 12.7. The number of rotatable bonds is 9. The van der Waals surface area contributed by atoms with Gasteiger partial charge in [-0.1, -0.05) is 19.1 Å². The van der Waals surface area contributed by atoms with Gasteiger partial charge in [-0.25, -0.2) is 8.42 Å². The van der Waals surface area contributed by atoms with E-state index in [1.165, 1.54) is 0 Å². The number of ether oxygens (including phenoxy) is 1. The smallest absolute Gasteiger partial charge is 0.257 e. The van der Waals surface area contributed by atoms with E-state index >= 15 is 0 Å². The van der Waals surface area contributed by atoms with Crippen molar-refractivity contribution < 1.29 is 17.9 Å². The third kappa shape index (κ3) is 7.56. The minimum atomic E-state index is -3.49. The molecule has 9 heteroatoms. The topological polar surface area (TPSA) is 96.5 Å². The van der Waals surface area contributed by atoms with Crippen LogP contribution in [0.4, 0.5) is 11.4 Å². The first-order chi connectivity index (χ1) is 13.2. The van der Waals surface area contributed by atoms with Crippen LogP contribution in [0.1, 0.15) is 28.4 Å². The summed E-state index contributed by atoms with van der Waals surface area (Å²) in [4.78, 5) is 12.7. The molecule has 0 heterocycles. The first-order valence-electron chi connectivity index (χ1n) is 9.04. The zero-order chi connectivity index (χ0) is 20.7. The highest BCUT2D eigenvalue weighted by Gasteiger charge is 2.15. The molecule has 0 radical (unpaired) electrons. The Morgan fingerprint density at radius 2 is 1.72 bits per heavy atom. The van der Waals surface area contributed by atoms with E-state index in [9.17, 15) is 13.2 Å². The Balaban J connectivity index is 0.00000420. The standard InChI is InChI=1S/C20H27N3O4S.ClH/c1-5-21-10-11-27-19-14(2)12-16(13-15(19)3)22-20(24)17-8-6-7-9-18(17)23-28(4,25)26;/h6-9,12-13,21,23H,5,10-11H2,1-4H3,(H,22,24);1H. The fourth-order valence-corrected chi connectivity index (χ4v) is 3.40. The molecule has 0 spiro atoms. The van der Waals surface area contributed by atoms with E-state index < -0.39 is 15.9 Å². The summed E-state index contributed by atoms with van der Waals surface area (Å²) in [5, 5.41) is 6.03. The van der Waals surface area contributed by atoms with Crippen molar-refractivity contribution >= 4 is 39.7 Å². The third-order valence-electron chi connectivity index (χ3n) is 3.96. The Bertz CT molecular complexity index is 925. The van der Waals surface area contributed by atoms with Crippen LogP contribution in [-0.4, -0.2) is 40.3 Å². The van der Waals surface area contributed by atoms with Crippen molar-refractivity contribution in [2.45, 2.75) is 20.8 Å². The van der Waals surface area contributed by atoms with E-state index in [1.54, 1.807) is 24.3 Å². The number of nitrogens with one attached hydrogen (secondary N) is 3. The summed E-state index contributed by atoms with van der Waals surface area (Å²) >= 11 is 0. The number of sulfonamides is 1. The molecule has 2 rings (SSSR count). The molecule has 0 aromatic heterocycles. The van der Waals surface area contributed by atoms with Crippen LogP contribution in [0.25, 0.3) is 0 Å². The number of amides is 1. The molecular formula is C20H28ClN3O4S. The van der Waals surface area contributed by atoms with Crippen LogP contribution in [0, 0.1) is 13.8 Å². The molecule has 3 N–H and O–H groups in total. The van der Waals surface area contributed by atoms with Gasteiger partial charge in [-0.3, -0.25) is 9.52 Å². The summed E-state index contributed by atoms with van der Waals surface area (Å²) in [5.74, 6) is 0.404. The lowest BCUT2D eigenvalue weighted by atomic mass is 10.1. The second-order valence-corrected chi connectivity index (χ2v) is 8.26. The quantitative estimate of drug-likeness (QED) is 0.518. The van der Waals surface area contributed by atoms with Crippen LogP contribution in [0.2, 0.25) is 0 Å². The SMILES string of the molecule is CCNCCOc1c(C)cc(NC(=O)c2ccccc2NS(C)(=O)=O)cc1C.Cl. The molecule has 0 atom stereocenters. The van der Waals surface area contributed by atoms with Gasteiger partial charge in [0.1, 0.15) is 12.4 Å². The lowest BCUT2D eigenvalue weighted by Crippen LogP contribution is -2.21. The molecule has 29 heavy (non-hydrogen) atoms. The molecule has 0 aliphatic heterocycles. The molecule has 0 unspecified atom stereocenters. The third-order valence-corrected chi connectivity index (χ3v) is 4.55. The van der Waals surface area contributed by atoms with Crippen LogP contribution in [0.15, 0.2) is 36.4 Å². The number of para-hydroxylation sites is 1. The molecule has 1 amide bonds. The largest absolute Gasteiger partial charge is 0.492 e. The van der Waals surface area contributed by atoms with Gasteiger partial charge in [-0.2, -0.15) is 0 Å². The monoisotopic (exact) mass is 441 g/mol. The first-order valence-corrected chi connectivity index (χ1v) is 10.9. The number of benzene rings is 2. The van der Waals surface area contributed by atoms with Crippen molar-refractivity contribution in [1.29, 1.82) is 0 Å². The van der Waals surface area contributed by atoms with Gasteiger partial charge in [-0.05, 0) is 55.8 Å². The van der Waals surface area contributed by atoms with Crippen molar-refractivity contribution in [1.82, 2.24) is 5.32 Å². The van der Waals surface area contributed by atoms with Crippen molar-refractivity contribution in [2.24, 2.45) is 0 Å². The average molecular weight is 442 g/mol. The molecular weight excluding hydrogens is 414 g/mol. The zero-order valence-corrected chi connectivity index (χ0v) is 18.7. The molecule has 2 aromatic carbocycles. The maximum Gasteiger partial charge on any atom is 0.257 e. The Kier molecular flexibility index (Phi) is 9.42. The summed E-state index contributed by atoms with van der Waals surface area (Å²) < 4.78 is 31.3. The van der Waals surface area contributed by atoms with Gasteiger partial charge in [0.15, 0.2) is 0 Å². The highest BCUT2D eigenvalue weighted by molar-refractivity contribution is 7.92. The Hall–Kier alpha value is -2.29. The second kappa shape index (κ2) is 11.0. The van der Waals surface area contributed by atoms with E-state index in [4.69, 9.17) is 4.74 Å². The Labute approximate surface area is 178 Å². The fraction of sp³-hybridized carbons (Fsp3) is 0.350. The predicted molar refractivity (Wildman–Crippen MR) is 120 cm³/mol. The summed E-state index contributed by atoms with van der Waals surface area (Å²) in [6.07, 6.45) is 1.04. The highest BCUT2D eigenvalue weighted by Crippen LogP contribution is 2.28. The average Bonchev–Trinajstić information content (AvgIpc) is 2.59. The Morgan fingerprint density at radius 3 is 2.31 bits per heavy atom. The number of anilines is 2.